The molecule has 0 aromatic heterocycles. The summed E-state index contributed by atoms with van der Waals surface area (Å²) in [6.07, 6.45) is 6.11. The normalized spacial score (nSPS) is 22.6. The van der Waals surface area contributed by atoms with E-state index in [2.05, 4.69) is 28.2 Å². The highest BCUT2D eigenvalue weighted by Crippen LogP contribution is 2.30. The minimum absolute atomic E-state index is 0.101. The Balaban J connectivity index is 1.83. The van der Waals surface area contributed by atoms with Crippen LogP contribution in [-0.4, -0.2) is 12.5 Å². The van der Waals surface area contributed by atoms with Gasteiger partial charge in [-0.15, -0.1) is 0 Å². The zero-order valence-corrected chi connectivity index (χ0v) is 13.4. The second-order valence-corrected chi connectivity index (χ2v) is 6.63. The van der Waals surface area contributed by atoms with E-state index in [4.69, 9.17) is 0 Å². The summed E-state index contributed by atoms with van der Waals surface area (Å²) in [4.78, 5) is 12.0. The fraction of sp³-hybridized carbons (Fsp3) is 0.562. The van der Waals surface area contributed by atoms with Crippen molar-refractivity contribution in [2.45, 2.75) is 39.0 Å². The molecule has 1 saturated carbocycles. The zero-order valence-electron chi connectivity index (χ0n) is 11.8. The molecule has 0 spiro atoms. The maximum atomic E-state index is 13.6. The lowest BCUT2D eigenvalue weighted by Crippen LogP contribution is -2.28. The molecule has 0 bridgehead atoms. The maximum absolute atomic E-state index is 13.6. The van der Waals surface area contributed by atoms with Crippen LogP contribution < -0.4 is 5.32 Å². The molecule has 1 aromatic rings. The van der Waals surface area contributed by atoms with Crippen LogP contribution in [-0.2, 0) is 0 Å². The number of benzene rings is 1. The van der Waals surface area contributed by atoms with Crippen molar-refractivity contribution in [1.82, 2.24) is 5.32 Å². The first kappa shape index (κ1) is 15.5. The van der Waals surface area contributed by atoms with Gasteiger partial charge in [0.25, 0.3) is 5.91 Å². The van der Waals surface area contributed by atoms with E-state index in [-0.39, 0.29) is 11.5 Å². The molecule has 1 fully saturated rings. The first-order chi connectivity index (χ1) is 9.58. The third-order valence-corrected chi connectivity index (χ3v) is 4.73. The molecule has 1 N–H and O–H groups in total. The lowest BCUT2D eigenvalue weighted by Gasteiger charge is -2.26. The minimum atomic E-state index is -0.483. The highest BCUT2D eigenvalue weighted by molar-refractivity contribution is 9.10. The number of halogens is 2. The second-order valence-electron chi connectivity index (χ2n) is 5.78. The Labute approximate surface area is 128 Å². The van der Waals surface area contributed by atoms with Gasteiger partial charge in [-0.25, -0.2) is 4.39 Å². The van der Waals surface area contributed by atoms with Gasteiger partial charge in [0.05, 0.1) is 5.56 Å². The second kappa shape index (κ2) is 7.21. The molecule has 2 rings (SSSR count). The van der Waals surface area contributed by atoms with Gasteiger partial charge in [0, 0.05) is 11.0 Å². The van der Waals surface area contributed by atoms with Crippen LogP contribution in [0.5, 0.6) is 0 Å². The monoisotopic (exact) mass is 341 g/mol. The van der Waals surface area contributed by atoms with E-state index < -0.39 is 5.82 Å². The van der Waals surface area contributed by atoms with Gasteiger partial charge in [0.1, 0.15) is 5.82 Å². The Morgan fingerprint density at radius 3 is 2.95 bits per heavy atom. The number of nitrogens with one attached hydrogen (secondary N) is 1. The van der Waals surface area contributed by atoms with Crippen molar-refractivity contribution in [3.05, 3.63) is 34.1 Å². The standard InChI is InChI=1S/C16H21BrFNO/c1-11-4-2-5-12(10-11)8-9-19-16(20)15-13(17)6-3-7-14(15)18/h3,6-7,11-12H,2,4-5,8-10H2,1H3,(H,19,20). The molecule has 1 aliphatic carbocycles. The molecule has 2 unspecified atom stereocenters. The summed E-state index contributed by atoms with van der Waals surface area (Å²) in [5.41, 5.74) is 0.101. The van der Waals surface area contributed by atoms with E-state index in [9.17, 15) is 9.18 Å². The largest absolute Gasteiger partial charge is 0.352 e. The van der Waals surface area contributed by atoms with Crippen molar-refractivity contribution in [3.63, 3.8) is 0 Å². The smallest absolute Gasteiger partial charge is 0.255 e. The van der Waals surface area contributed by atoms with Gasteiger partial charge >= 0.3 is 0 Å². The number of amides is 1. The molecule has 0 radical (unpaired) electrons. The summed E-state index contributed by atoms with van der Waals surface area (Å²) >= 11 is 3.22. The van der Waals surface area contributed by atoms with Crippen LogP contribution >= 0.6 is 15.9 Å². The maximum Gasteiger partial charge on any atom is 0.255 e. The summed E-state index contributed by atoms with van der Waals surface area (Å²) in [5.74, 6) is 0.676. The highest BCUT2D eigenvalue weighted by atomic mass is 79.9. The van der Waals surface area contributed by atoms with Gasteiger partial charge in [-0.05, 0) is 52.7 Å². The predicted octanol–water partition coefficient (Wildman–Crippen LogP) is 4.53. The lowest BCUT2D eigenvalue weighted by atomic mass is 9.81. The molecule has 1 aromatic carbocycles. The van der Waals surface area contributed by atoms with Gasteiger partial charge in [-0.2, -0.15) is 0 Å². The molecule has 1 aliphatic rings. The van der Waals surface area contributed by atoms with Crippen molar-refractivity contribution in [2.75, 3.05) is 6.54 Å². The number of carbonyl (C=O) groups excluding carboxylic acids is 1. The highest BCUT2D eigenvalue weighted by Gasteiger charge is 2.19. The molecule has 2 nitrogen and oxygen atoms in total. The van der Waals surface area contributed by atoms with Crippen LogP contribution in [0.4, 0.5) is 4.39 Å². The molecule has 2 atom stereocenters. The van der Waals surface area contributed by atoms with E-state index in [1.165, 1.54) is 31.7 Å². The Bertz CT molecular complexity index is 457. The predicted molar refractivity (Wildman–Crippen MR) is 82.2 cm³/mol. The molecule has 0 saturated heterocycles. The van der Waals surface area contributed by atoms with Crippen LogP contribution in [0.1, 0.15) is 49.4 Å². The summed E-state index contributed by atoms with van der Waals surface area (Å²) in [7, 11) is 0. The first-order valence-corrected chi connectivity index (χ1v) is 8.09. The van der Waals surface area contributed by atoms with Gasteiger partial charge in [0.2, 0.25) is 0 Å². The minimum Gasteiger partial charge on any atom is -0.352 e. The van der Waals surface area contributed by atoms with Crippen LogP contribution in [0.15, 0.2) is 22.7 Å². The third-order valence-electron chi connectivity index (χ3n) is 4.07. The molecular weight excluding hydrogens is 321 g/mol. The number of carbonyl (C=O) groups is 1. The van der Waals surface area contributed by atoms with Crippen LogP contribution in [0.25, 0.3) is 0 Å². The van der Waals surface area contributed by atoms with Gasteiger partial charge in [-0.3, -0.25) is 4.79 Å². The van der Waals surface area contributed by atoms with Crippen molar-refractivity contribution in [1.29, 1.82) is 0 Å². The molecule has 20 heavy (non-hydrogen) atoms. The van der Waals surface area contributed by atoms with E-state index in [1.807, 2.05) is 0 Å². The topological polar surface area (TPSA) is 29.1 Å². The van der Waals surface area contributed by atoms with E-state index in [1.54, 1.807) is 12.1 Å². The van der Waals surface area contributed by atoms with Crippen molar-refractivity contribution in [3.8, 4) is 0 Å². The Kier molecular flexibility index (Phi) is 5.58. The van der Waals surface area contributed by atoms with Crippen LogP contribution in [0.2, 0.25) is 0 Å². The fourth-order valence-electron chi connectivity index (χ4n) is 3.01. The van der Waals surface area contributed by atoms with Crippen molar-refractivity contribution < 1.29 is 9.18 Å². The van der Waals surface area contributed by atoms with E-state index in [0.717, 1.165) is 12.3 Å². The Hall–Kier alpha value is -0.900. The fourth-order valence-corrected chi connectivity index (χ4v) is 3.54. The molecule has 4 heteroatoms. The lowest BCUT2D eigenvalue weighted by molar-refractivity contribution is 0.0944. The van der Waals surface area contributed by atoms with E-state index in [0.29, 0.717) is 16.9 Å². The number of hydrogen-bond donors (Lipinski definition) is 1. The summed E-state index contributed by atoms with van der Waals surface area (Å²) in [5, 5.41) is 2.83. The number of rotatable bonds is 4. The average molecular weight is 342 g/mol. The third kappa shape index (κ3) is 4.05. The van der Waals surface area contributed by atoms with Crippen molar-refractivity contribution in [2.24, 2.45) is 11.8 Å². The van der Waals surface area contributed by atoms with Gasteiger partial charge < -0.3 is 5.32 Å². The van der Waals surface area contributed by atoms with E-state index >= 15 is 0 Å². The van der Waals surface area contributed by atoms with Gasteiger partial charge in [0.15, 0.2) is 0 Å². The molecular formula is C16H21BrFNO. The Morgan fingerprint density at radius 2 is 2.25 bits per heavy atom. The number of hydrogen-bond acceptors (Lipinski definition) is 1. The average Bonchev–Trinajstić information content (AvgIpc) is 2.38. The zero-order chi connectivity index (χ0) is 14.5. The first-order valence-electron chi connectivity index (χ1n) is 7.30. The summed E-state index contributed by atoms with van der Waals surface area (Å²) < 4.78 is 14.1. The van der Waals surface area contributed by atoms with Gasteiger partial charge in [-0.1, -0.05) is 32.3 Å². The molecule has 0 heterocycles. The SMILES string of the molecule is CC1CCCC(CCNC(=O)c2c(F)cccc2Br)C1. The quantitative estimate of drug-likeness (QED) is 0.856. The van der Waals surface area contributed by atoms with Crippen LogP contribution in [0, 0.1) is 17.7 Å². The Morgan fingerprint density at radius 1 is 1.45 bits per heavy atom. The molecule has 110 valence electrons. The summed E-state index contributed by atoms with van der Waals surface area (Å²) in [6, 6.07) is 4.57. The summed E-state index contributed by atoms with van der Waals surface area (Å²) in [6.45, 7) is 2.91. The van der Waals surface area contributed by atoms with Crippen LogP contribution in [0.3, 0.4) is 0 Å². The molecule has 1 amide bonds. The molecule has 0 aliphatic heterocycles. The van der Waals surface area contributed by atoms with Crippen molar-refractivity contribution >= 4 is 21.8 Å².